The highest BCUT2D eigenvalue weighted by molar-refractivity contribution is 6.31. The molecule has 1 N–H and O–H groups in total. The van der Waals surface area contributed by atoms with Crippen molar-refractivity contribution in [2.45, 2.75) is 39.8 Å². The highest BCUT2D eigenvalue weighted by Crippen LogP contribution is 2.25. The van der Waals surface area contributed by atoms with Crippen LogP contribution in [0.2, 0.25) is 5.02 Å². The molecule has 1 aliphatic heterocycles. The van der Waals surface area contributed by atoms with E-state index in [9.17, 15) is 4.79 Å². The fourth-order valence-electron chi connectivity index (χ4n) is 4.07. The molecule has 0 bridgehead atoms. The number of hydrogen-bond donors (Lipinski definition) is 1. The van der Waals surface area contributed by atoms with Crippen LogP contribution in [0.25, 0.3) is 11.5 Å². The Morgan fingerprint density at radius 1 is 1.23 bits per heavy atom. The number of aromatic nitrogens is 1. The summed E-state index contributed by atoms with van der Waals surface area (Å²) in [7, 11) is 0. The number of carbonyl (C=O) groups excluding carboxylic acids is 1. The van der Waals surface area contributed by atoms with Crippen molar-refractivity contribution in [1.29, 1.82) is 0 Å². The fraction of sp³-hybridized carbons (Fsp3) is 0.360. The molecule has 0 aliphatic carbocycles. The third kappa shape index (κ3) is 5.35. The average molecular weight is 438 g/mol. The number of piperidine rings is 1. The molecule has 1 atom stereocenters. The molecule has 5 nitrogen and oxygen atoms in total. The van der Waals surface area contributed by atoms with E-state index < -0.39 is 0 Å². The fourth-order valence-corrected chi connectivity index (χ4v) is 4.27. The zero-order valence-electron chi connectivity index (χ0n) is 18.0. The molecule has 162 valence electrons. The van der Waals surface area contributed by atoms with Crippen molar-refractivity contribution in [2.75, 3.05) is 13.1 Å². The first kappa shape index (κ1) is 21.6. The summed E-state index contributed by atoms with van der Waals surface area (Å²) < 4.78 is 5.94. The third-order valence-corrected chi connectivity index (χ3v) is 6.19. The molecule has 2 heterocycles. The van der Waals surface area contributed by atoms with Crippen molar-refractivity contribution in [3.05, 3.63) is 76.1 Å². The van der Waals surface area contributed by atoms with Crippen LogP contribution in [0.1, 0.15) is 35.4 Å². The predicted octanol–water partition coefficient (Wildman–Crippen LogP) is 5.14. The first-order valence-electron chi connectivity index (χ1n) is 10.8. The van der Waals surface area contributed by atoms with Gasteiger partial charge in [0.1, 0.15) is 5.76 Å². The van der Waals surface area contributed by atoms with E-state index in [0.29, 0.717) is 24.0 Å². The zero-order valence-corrected chi connectivity index (χ0v) is 18.8. The summed E-state index contributed by atoms with van der Waals surface area (Å²) in [6.45, 7) is 6.84. The van der Waals surface area contributed by atoms with Crippen molar-refractivity contribution in [3.63, 3.8) is 0 Å². The lowest BCUT2D eigenvalue weighted by Crippen LogP contribution is -2.42. The van der Waals surface area contributed by atoms with E-state index in [2.05, 4.69) is 29.3 Å². The number of nitrogens with one attached hydrogen (secondary N) is 1. The molecule has 0 saturated carbocycles. The van der Waals surface area contributed by atoms with Gasteiger partial charge in [-0.1, -0.05) is 47.5 Å². The largest absolute Gasteiger partial charge is 0.441 e. The second-order valence-corrected chi connectivity index (χ2v) is 8.68. The van der Waals surface area contributed by atoms with Crippen LogP contribution in [0.15, 0.2) is 52.9 Å². The van der Waals surface area contributed by atoms with Gasteiger partial charge >= 0.3 is 0 Å². The summed E-state index contributed by atoms with van der Waals surface area (Å²) in [6.07, 6.45) is 1.89. The Labute approximate surface area is 188 Å². The minimum atomic E-state index is -0.0281. The lowest BCUT2D eigenvalue weighted by atomic mass is 9.97. The van der Waals surface area contributed by atoms with Crippen LogP contribution < -0.4 is 5.32 Å². The summed E-state index contributed by atoms with van der Waals surface area (Å²) in [5.74, 6) is 1.55. The lowest BCUT2D eigenvalue weighted by molar-refractivity contribution is -0.127. The van der Waals surface area contributed by atoms with Crippen molar-refractivity contribution in [2.24, 2.45) is 5.92 Å². The Kier molecular flexibility index (Phi) is 6.73. The van der Waals surface area contributed by atoms with E-state index in [4.69, 9.17) is 21.0 Å². The molecular formula is C25H28ClN3O2. The number of hydrogen-bond acceptors (Lipinski definition) is 4. The Hall–Kier alpha value is -2.63. The van der Waals surface area contributed by atoms with Crippen molar-refractivity contribution < 1.29 is 9.21 Å². The third-order valence-electron chi connectivity index (χ3n) is 5.82. The number of aryl methyl sites for hydroxylation is 2. The van der Waals surface area contributed by atoms with Gasteiger partial charge in [0.15, 0.2) is 0 Å². The van der Waals surface area contributed by atoms with Gasteiger partial charge in [0.25, 0.3) is 0 Å². The predicted molar refractivity (Wildman–Crippen MR) is 123 cm³/mol. The number of oxazole rings is 1. The van der Waals surface area contributed by atoms with Gasteiger partial charge in [-0.2, -0.15) is 0 Å². The standard InChI is InChI=1S/C25H28ClN3O2/c1-17-7-5-9-19(13-17)25-28-23(18(2)31-25)16-29-12-6-10-21(15-29)24(30)27-14-20-8-3-4-11-22(20)26/h3-5,7-9,11,13,21H,6,10,12,14-16H2,1-2H3,(H,27,30)/t21-/m1/s1. The van der Waals surface area contributed by atoms with Crippen LogP contribution in [0.5, 0.6) is 0 Å². The number of benzene rings is 2. The number of halogens is 1. The molecule has 6 heteroatoms. The molecule has 1 fully saturated rings. The number of likely N-dealkylation sites (tertiary alicyclic amines) is 1. The van der Waals surface area contributed by atoms with Gasteiger partial charge in [-0.25, -0.2) is 4.98 Å². The normalized spacial score (nSPS) is 16.9. The van der Waals surface area contributed by atoms with E-state index in [0.717, 1.165) is 48.5 Å². The Morgan fingerprint density at radius 3 is 2.87 bits per heavy atom. The van der Waals surface area contributed by atoms with Crippen LogP contribution >= 0.6 is 11.6 Å². The maximum absolute atomic E-state index is 12.8. The topological polar surface area (TPSA) is 58.4 Å². The second-order valence-electron chi connectivity index (χ2n) is 8.27. The number of nitrogens with zero attached hydrogens (tertiary/aromatic N) is 2. The monoisotopic (exact) mass is 437 g/mol. The van der Waals surface area contributed by atoms with Crippen LogP contribution in [-0.4, -0.2) is 28.9 Å². The van der Waals surface area contributed by atoms with Crippen molar-refractivity contribution >= 4 is 17.5 Å². The molecule has 2 aromatic carbocycles. The lowest BCUT2D eigenvalue weighted by Gasteiger charge is -2.31. The van der Waals surface area contributed by atoms with E-state index in [1.807, 2.05) is 43.3 Å². The molecule has 4 rings (SSSR count). The molecule has 1 saturated heterocycles. The molecule has 0 unspecified atom stereocenters. The Balaban J connectivity index is 1.37. The van der Waals surface area contributed by atoms with E-state index in [1.54, 1.807) is 0 Å². The summed E-state index contributed by atoms with van der Waals surface area (Å²) in [6, 6.07) is 15.8. The summed E-state index contributed by atoms with van der Waals surface area (Å²) in [5.41, 5.74) is 4.04. The Bertz CT molecular complexity index is 1060. The highest BCUT2D eigenvalue weighted by atomic mass is 35.5. The van der Waals surface area contributed by atoms with Crippen LogP contribution in [-0.2, 0) is 17.9 Å². The van der Waals surface area contributed by atoms with Gasteiger partial charge in [-0.15, -0.1) is 0 Å². The summed E-state index contributed by atoms with van der Waals surface area (Å²) in [4.78, 5) is 19.8. The van der Waals surface area contributed by atoms with Gasteiger partial charge in [-0.05, 0) is 57.0 Å². The Morgan fingerprint density at radius 2 is 2.06 bits per heavy atom. The quantitative estimate of drug-likeness (QED) is 0.580. The first-order chi connectivity index (χ1) is 15.0. The molecule has 3 aromatic rings. The van der Waals surface area contributed by atoms with Crippen LogP contribution in [0.4, 0.5) is 0 Å². The van der Waals surface area contributed by atoms with Crippen molar-refractivity contribution in [1.82, 2.24) is 15.2 Å². The average Bonchev–Trinajstić information content (AvgIpc) is 3.13. The summed E-state index contributed by atoms with van der Waals surface area (Å²) >= 11 is 6.20. The smallest absolute Gasteiger partial charge is 0.226 e. The molecule has 31 heavy (non-hydrogen) atoms. The van der Waals surface area contributed by atoms with Gasteiger partial charge in [0, 0.05) is 30.2 Å². The van der Waals surface area contributed by atoms with E-state index in [1.165, 1.54) is 5.56 Å². The van der Waals surface area contributed by atoms with Crippen LogP contribution in [0.3, 0.4) is 0 Å². The van der Waals surface area contributed by atoms with Gasteiger partial charge < -0.3 is 9.73 Å². The SMILES string of the molecule is Cc1cccc(-c2nc(CN3CCC[C@@H](C(=O)NCc4ccccc4Cl)C3)c(C)o2)c1. The summed E-state index contributed by atoms with van der Waals surface area (Å²) in [5, 5.41) is 3.73. The molecule has 0 spiro atoms. The maximum atomic E-state index is 12.8. The first-order valence-corrected chi connectivity index (χ1v) is 11.1. The highest BCUT2D eigenvalue weighted by Gasteiger charge is 2.27. The zero-order chi connectivity index (χ0) is 21.8. The molecule has 1 aromatic heterocycles. The minimum Gasteiger partial charge on any atom is -0.441 e. The van der Waals surface area contributed by atoms with E-state index in [-0.39, 0.29) is 11.8 Å². The molecule has 1 amide bonds. The number of rotatable bonds is 6. The molecule has 0 radical (unpaired) electrons. The van der Waals surface area contributed by atoms with Crippen molar-refractivity contribution in [3.8, 4) is 11.5 Å². The van der Waals surface area contributed by atoms with Gasteiger partial charge in [-0.3, -0.25) is 9.69 Å². The number of carbonyl (C=O) groups is 1. The van der Waals surface area contributed by atoms with E-state index >= 15 is 0 Å². The van der Waals surface area contributed by atoms with Crippen LogP contribution in [0, 0.1) is 19.8 Å². The number of amides is 1. The van der Waals surface area contributed by atoms with Gasteiger partial charge in [0.05, 0.1) is 11.6 Å². The molecular weight excluding hydrogens is 410 g/mol. The maximum Gasteiger partial charge on any atom is 0.226 e. The second kappa shape index (κ2) is 9.67. The minimum absolute atomic E-state index is 0.0281. The van der Waals surface area contributed by atoms with Gasteiger partial charge in [0.2, 0.25) is 11.8 Å². The molecule has 1 aliphatic rings.